The van der Waals surface area contributed by atoms with Crippen molar-refractivity contribution >= 4 is 40.5 Å². The molecule has 3 aromatic rings. The Morgan fingerprint density at radius 1 is 1.06 bits per heavy atom. The highest BCUT2D eigenvalue weighted by Gasteiger charge is 2.51. The minimum atomic E-state index is -1.48. The fraction of sp³-hybridized carbons (Fsp3) is 0.217. The minimum absolute atomic E-state index is 0.242. The van der Waals surface area contributed by atoms with Crippen molar-refractivity contribution in [2.75, 3.05) is 25.1 Å². The number of hydrogen-bond acceptors (Lipinski definition) is 7. The van der Waals surface area contributed by atoms with Gasteiger partial charge in [0.1, 0.15) is 31.1 Å². The van der Waals surface area contributed by atoms with Crippen molar-refractivity contribution in [1.29, 1.82) is 0 Å². The number of benzene rings is 2. The molecule has 0 aliphatic carbocycles. The predicted molar refractivity (Wildman–Crippen MR) is 118 cm³/mol. The molecular weight excluding hydrogens is 444 g/mol. The van der Waals surface area contributed by atoms with Crippen molar-refractivity contribution < 1.29 is 33.1 Å². The zero-order valence-electron chi connectivity index (χ0n) is 18.0. The largest absolute Gasteiger partial charge is 0.486 e. The standard InChI is InChI=1S/C23H20N4O7/c1-23(18-10-13-4-2-3-5-15(13)34-18)20(29)27(22(31)26-23)12-19(28)25-21(30)24-14-6-7-16-17(11-14)33-9-8-32-16/h2-7,10-11H,8-9,12H2,1H3,(H,26,31)(H2,24,25,28,30). The number of nitrogens with zero attached hydrogens (tertiary/aromatic N) is 1. The second kappa shape index (κ2) is 8.10. The average molecular weight is 464 g/mol. The van der Waals surface area contributed by atoms with Crippen LogP contribution in [0.4, 0.5) is 15.3 Å². The maximum Gasteiger partial charge on any atom is 0.325 e. The number of urea groups is 2. The molecule has 6 amide bonds. The number of imide groups is 2. The van der Waals surface area contributed by atoms with Crippen LogP contribution >= 0.6 is 0 Å². The maximum absolute atomic E-state index is 13.0. The molecule has 2 aliphatic heterocycles. The molecule has 11 nitrogen and oxygen atoms in total. The average Bonchev–Trinajstić information content (AvgIpc) is 3.35. The van der Waals surface area contributed by atoms with Gasteiger partial charge in [0.25, 0.3) is 5.91 Å². The van der Waals surface area contributed by atoms with E-state index in [1.54, 1.807) is 36.4 Å². The van der Waals surface area contributed by atoms with E-state index in [1.807, 2.05) is 12.1 Å². The van der Waals surface area contributed by atoms with Gasteiger partial charge in [0.2, 0.25) is 5.91 Å². The number of ether oxygens (including phenoxy) is 2. The van der Waals surface area contributed by atoms with Crippen molar-refractivity contribution in [2.45, 2.75) is 12.5 Å². The van der Waals surface area contributed by atoms with Crippen LogP contribution in [0.5, 0.6) is 11.5 Å². The maximum atomic E-state index is 13.0. The van der Waals surface area contributed by atoms with Gasteiger partial charge in [-0.1, -0.05) is 18.2 Å². The number of anilines is 1. The molecule has 0 radical (unpaired) electrons. The number of nitrogens with one attached hydrogen (secondary N) is 3. The van der Waals surface area contributed by atoms with E-state index in [1.165, 1.54) is 6.92 Å². The molecule has 34 heavy (non-hydrogen) atoms. The first-order valence-electron chi connectivity index (χ1n) is 10.5. The fourth-order valence-electron chi connectivity index (χ4n) is 3.83. The fourth-order valence-corrected chi connectivity index (χ4v) is 3.83. The van der Waals surface area contributed by atoms with E-state index in [0.29, 0.717) is 36.0 Å². The van der Waals surface area contributed by atoms with Crippen LogP contribution in [0.2, 0.25) is 0 Å². The molecule has 3 N–H and O–H groups in total. The van der Waals surface area contributed by atoms with E-state index in [-0.39, 0.29) is 5.76 Å². The Labute approximate surface area is 193 Å². The lowest BCUT2D eigenvalue weighted by Crippen LogP contribution is -2.45. The van der Waals surface area contributed by atoms with Gasteiger partial charge in [-0.25, -0.2) is 9.59 Å². The molecule has 0 bridgehead atoms. The van der Waals surface area contributed by atoms with Crippen molar-refractivity contribution in [3.8, 4) is 11.5 Å². The highest BCUT2D eigenvalue weighted by atomic mass is 16.6. The number of para-hydroxylation sites is 1. The molecule has 2 aliphatic rings. The molecule has 3 heterocycles. The van der Waals surface area contributed by atoms with Gasteiger partial charge >= 0.3 is 12.1 Å². The third kappa shape index (κ3) is 3.76. The Kier molecular flexibility index (Phi) is 5.08. The Morgan fingerprint density at radius 2 is 1.82 bits per heavy atom. The second-order valence-corrected chi connectivity index (χ2v) is 7.96. The molecule has 1 saturated heterocycles. The number of hydrogen-bond donors (Lipinski definition) is 3. The lowest BCUT2D eigenvalue weighted by atomic mass is 9.99. The molecule has 1 aromatic heterocycles. The van der Waals surface area contributed by atoms with Gasteiger partial charge < -0.3 is 24.5 Å². The number of carbonyl (C=O) groups excluding carboxylic acids is 4. The molecule has 2 aromatic carbocycles. The van der Waals surface area contributed by atoms with Crippen LogP contribution in [0, 0.1) is 0 Å². The van der Waals surface area contributed by atoms with Gasteiger partial charge in [-0.15, -0.1) is 0 Å². The topological polar surface area (TPSA) is 139 Å². The highest BCUT2D eigenvalue weighted by molar-refractivity contribution is 6.10. The summed E-state index contributed by atoms with van der Waals surface area (Å²) in [5.74, 6) is -0.239. The van der Waals surface area contributed by atoms with E-state index in [2.05, 4.69) is 16.0 Å². The van der Waals surface area contributed by atoms with Crippen molar-refractivity contribution in [2.24, 2.45) is 0 Å². The van der Waals surface area contributed by atoms with Crippen molar-refractivity contribution in [3.63, 3.8) is 0 Å². The van der Waals surface area contributed by atoms with Gasteiger partial charge in [0.05, 0.1) is 0 Å². The van der Waals surface area contributed by atoms with E-state index in [4.69, 9.17) is 13.9 Å². The van der Waals surface area contributed by atoms with Crippen LogP contribution < -0.4 is 25.4 Å². The number of fused-ring (bicyclic) bond motifs is 2. The Morgan fingerprint density at radius 3 is 2.62 bits per heavy atom. The molecule has 5 rings (SSSR count). The first kappa shape index (κ1) is 21.3. The quantitative estimate of drug-likeness (QED) is 0.504. The van der Waals surface area contributed by atoms with Gasteiger partial charge in [0.15, 0.2) is 17.0 Å². The van der Waals surface area contributed by atoms with E-state index in [0.717, 1.165) is 10.3 Å². The summed E-state index contributed by atoms with van der Waals surface area (Å²) in [6.45, 7) is 1.68. The highest BCUT2D eigenvalue weighted by Crippen LogP contribution is 2.33. The first-order chi connectivity index (χ1) is 16.3. The summed E-state index contributed by atoms with van der Waals surface area (Å²) in [5, 5.41) is 7.95. The summed E-state index contributed by atoms with van der Waals surface area (Å²) >= 11 is 0. The summed E-state index contributed by atoms with van der Waals surface area (Å²) in [7, 11) is 0. The number of amides is 6. The summed E-state index contributed by atoms with van der Waals surface area (Å²) in [6, 6.07) is 12.0. The second-order valence-electron chi connectivity index (χ2n) is 7.96. The van der Waals surface area contributed by atoms with Gasteiger partial charge in [0, 0.05) is 17.1 Å². The minimum Gasteiger partial charge on any atom is -0.486 e. The molecule has 11 heteroatoms. The van der Waals surface area contributed by atoms with Gasteiger partial charge in [-0.3, -0.25) is 19.8 Å². The first-order valence-corrected chi connectivity index (χ1v) is 10.5. The Balaban J connectivity index is 1.23. The van der Waals surface area contributed by atoms with E-state index < -0.39 is 36.0 Å². The van der Waals surface area contributed by atoms with Crippen LogP contribution in [-0.4, -0.2) is 48.5 Å². The molecule has 1 unspecified atom stereocenters. The summed E-state index contributed by atoms with van der Waals surface area (Å²) < 4.78 is 16.6. The predicted octanol–water partition coefficient (Wildman–Crippen LogP) is 2.32. The molecule has 1 atom stereocenters. The zero-order valence-corrected chi connectivity index (χ0v) is 18.0. The molecular formula is C23H20N4O7. The molecule has 0 saturated carbocycles. The van der Waals surface area contributed by atoms with Crippen LogP contribution in [0.1, 0.15) is 12.7 Å². The monoisotopic (exact) mass is 464 g/mol. The Bertz CT molecular complexity index is 1300. The summed E-state index contributed by atoms with van der Waals surface area (Å²) in [4.78, 5) is 50.9. The number of furan rings is 1. The van der Waals surface area contributed by atoms with Crippen LogP contribution in [0.3, 0.4) is 0 Å². The van der Waals surface area contributed by atoms with Crippen molar-refractivity contribution in [3.05, 3.63) is 54.3 Å². The van der Waals surface area contributed by atoms with Crippen LogP contribution in [-0.2, 0) is 15.1 Å². The summed E-state index contributed by atoms with van der Waals surface area (Å²) in [6.07, 6.45) is 0. The van der Waals surface area contributed by atoms with Crippen LogP contribution in [0.25, 0.3) is 11.0 Å². The van der Waals surface area contributed by atoms with Gasteiger partial charge in [-0.05, 0) is 31.2 Å². The Hall–Kier alpha value is -4.54. The van der Waals surface area contributed by atoms with E-state index >= 15 is 0 Å². The lowest BCUT2D eigenvalue weighted by molar-refractivity contribution is -0.134. The number of carbonyl (C=O) groups is 4. The zero-order chi connectivity index (χ0) is 23.9. The van der Waals surface area contributed by atoms with Crippen molar-refractivity contribution in [1.82, 2.24) is 15.5 Å². The summed E-state index contributed by atoms with van der Waals surface area (Å²) in [5.41, 5.74) is -0.543. The normalized spacial score (nSPS) is 19.1. The third-order valence-corrected chi connectivity index (χ3v) is 5.55. The molecule has 0 spiro atoms. The number of rotatable bonds is 4. The molecule has 174 valence electrons. The third-order valence-electron chi connectivity index (χ3n) is 5.55. The lowest BCUT2D eigenvalue weighted by Gasteiger charge is -2.19. The van der Waals surface area contributed by atoms with E-state index in [9.17, 15) is 19.2 Å². The van der Waals surface area contributed by atoms with Gasteiger partial charge in [-0.2, -0.15) is 0 Å². The van der Waals surface area contributed by atoms with Crippen LogP contribution in [0.15, 0.2) is 52.9 Å². The smallest absolute Gasteiger partial charge is 0.325 e. The SMILES string of the molecule is CC1(c2cc3ccccc3o2)NC(=O)N(CC(=O)NC(=O)Nc2ccc3c(c2)OCCO3)C1=O. The molecule has 1 fully saturated rings.